The molecule has 2 aromatic rings. The van der Waals surface area contributed by atoms with Gasteiger partial charge in [-0.05, 0) is 37.3 Å². The number of carboxylic acid groups (broad SMARTS) is 1. The van der Waals surface area contributed by atoms with Crippen LogP contribution in [0.15, 0.2) is 24.3 Å². The summed E-state index contributed by atoms with van der Waals surface area (Å²) in [7, 11) is 0. The van der Waals surface area contributed by atoms with Crippen LogP contribution in [0.5, 0.6) is 0 Å². The molecule has 24 heavy (non-hydrogen) atoms. The minimum absolute atomic E-state index is 0.0916. The maximum absolute atomic E-state index is 11.9. The van der Waals surface area contributed by atoms with Gasteiger partial charge in [0.1, 0.15) is 0 Å². The Morgan fingerprint density at radius 3 is 2.71 bits per heavy atom. The van der Waals surface area contributed by atoms with Crippen LogP contribution >= 0.6 is 11.3 Å². The predicted molar refractivity (Wildman–Crippen MR) is 96.1 cm³/mol. The standard InChI is InChI=1S/C18H24N2O3S/c1-12(2)10-13(18(22)23)11-19-16(21)8-5-9-17-20-14-6-3-4-7-15(14)24-17/h3-4,6-7,12-13H,5,8-11H2,1-2H3,(H,19,21)(H,22,23). The molecule has 0 saturated carbocycles. The van der Waals surface area contributed by atoms with Crippen molar-refractivity contribution in [3.63, 3.8) is 0 Å². The fraction of sp³-hybridized carbons (Fsp3) is 0.500. The largest absolute Gasteiger partial charge is 0.481 e. The van der Waals surface area contributed by atoms with Gasteiger partial charge in [0.2, 0.25) is 5.91 Å². The average Bonchev–Trinajstić information content (AvgIpc) is 2.93. The number of carbonyl (C=O) groups excluding carboxylic acids is 1. The third-order valence-electron chi connectivity index (χ3n) is 3.78. The van der Waals surface area contributed by atoms with Crippen LogP contribution in [-0.4, -0.2) is 28.5 Å². The molecule has 0 spiro atoms. The Morgan fingerprint density at radius 2 is 2.04 bits per heavy atom. The molecule has 0 aliphatic heterocycles. The number of rotatable bonds is 9. The summed E-state index contributed by atoms with van der Waals surface area (Å²) in [6.45, 7) is 4.17. The van der Waals surface area contributed by atoms with Gasteiger partial charge in [0.15, 0.2) is 0 Å². The molecule has 0 fully saturated rings. The van der Waals surface area contributed by atoms with E-state index in [4.69, 9.17) is 0 Å². The van der Waals surface area contributed by atoms with E-state index in [9.17, 15) is 14.7 Å². The number of carboxylic acids is 1. The van der Waals surface area contributed by atoms with Crippen LogP contribution < -0.4 is 5.32 Å². The van der Waals surface area contributed by atoms with Crippen LogP contribution in [0.3, 0.4) is 0 Å². The molecule has 1 amide bonds. The Morgan fingerprint density at radius 1 is 1.29 bits per heavy atom. The number of benzene rings is 1. The molecule has 1 aromatic heterocycles. The maximum Gasteiger partial charge on any atom is 0.308 e. The van der Waals surface area contributed by atoms with Crippen LogP contribution in [0.4, 0.5) is 0 Å². The maximum atomic E-state index is 11.9. The molecule has 1 aromatic carbocycles. The number of hydrogen-bond donors (Lipinski definition) is 2. The topological polar surface area (TPSA) is 79.3 Å². The normalized spacial score (nSPS) is 12.5. The van der Waals surface area contributed by atoms with E-state index in [1.807, 2.05) is 38.1 Å². The first-order valence-electron chi connectivity index (χ1n) is 8.29. The molecule has 5 nitrogen and oxygen atoms in total. The molecule has 0 saturated heterocycles. The van der Waals surface area contributed by atoms with Gasteiger partial charge in [-0.15, -0.1) is 11.3 Å². The first-order chi connectivity index (χ1) is 11.5. The number of aryl methyl sites for hydroxylation is 1. The summed E-state index contributed by atoms with van der Waals surface area (Å²) in [6, 6.07) is 8.00. The Kier molecular flexibility index (Phi) is 6.73. The molecule has 1 atom stereocenters. The highest BCUT2D eigenvalue weighted by Gasteiger charge is 2.19. The minimum Gasteiger partial charge on any atom is -0.481 e. The zero-order chi connectivity index (χ0) is 17.5. The Balaban J connectivity index is 1.73. The molecule has 0 aliphatic rings. The molecule has 0 bridgehead atoms. The first kappa shape index (κ1) is 18.4. The van der Waals surface area contributed by atoms with E-state index in [0.29, 0.717) is 25.2 Å². The molecule has 1 unspecified atom stereocenters. The highest BCUT2D eigenvalue weighted by Crippen LogP contribution is 2.22. The first-order valence-corrected chi connectivity index (χ1v) is 9.11. The van der Waals surface area contributed by atoms with Gasteiger partial charge in [-0.1, -0.05) is 26.0 Å². The van der Waals surface area contributed by atoms with Crippen molar-refractivity contribution in [2.45, 2.75) is 39.5 Å². The van der Waals surface area contributed by atoms with Gasteiger partial charge in [-0.25, -0.2) is 4.98 Å². The van der Waals surface area contributed by atoms with Gasteiger partial charge in [-0.3, -0.25) is 9.59 Å². The number of amides is 1. The van der Waals surface area contributed by atoms with Crippen molar-refractivity contribution in [1.82, 2.24) is 10.3 Å². The summed E-state index contributed by atoms with van der Waals surface area (Å²) in [6.07, 6.45) is 2.44. The summed E-state index contributed by atoms with van der Waals surface area (Å²) in [5.41, 5.74) is 1.000. The van der Waals surface area contributed by atoms with Crippen molar-refractivity contribution >= 4 is 33.4 Å². The number of aliphatic carboxylic acids is 1. The summed E-state index contributed by atoms with van der Waals surface area (Å²) in [5.74, 6) is -1.16. The van der Waals surface area contributed by atoms with E-state index in [1.165, 1.54) is 0 Å². The number of thiazole rings is 1. The highest BCUT2D eigenvalue weighted by atomic mass is 32.1. The number of para-hydroxylation sites is 1. The Bertz CT molecular complexity index is 663. The SMILES string of the molecule is CC(C)CC(CNC(=O)CCCc1nc2ccccc2s1)C(=O)O. The fourth-order valence-corrected chi connectivity index (χ4v) is 3.60. The van der Waals surface area contributed by atoms with Gasteiger partial charge in [-0.2, -0.15) is 0 Å². The summed E-state index contributed by atoms with van der Waals surface area (Å²) >= 11 is 1.66. The zero-order valence-corrected chi connectivity index (χ0v) is 14.9. The molecular weight excluding hydrogens is 324 g/mol. The second-order valence-electron chi connectivity index (χ2n) is 6.40. The van der Waals surface area contributed by atoms with E-state index in [2.05, 4.69) is 10.3 Å². The molecule has 6 heteroatoms. The second kappa shape index (κ2) is 8.78. The smallest absolute Gasteiger partial charge is 0.308 e. The van der Waals surface area contributed by atoms with Crippen LogP contribution in [0.25, 0.3) is 10.2 Å². The highest BCUT2D eigenvalue weighted by molar-refractivity contribution is 7.18. The van der Waals surface area contributed by atoms with Crippen molar-refractivity contribution in [1.29, 1.82) is 0 Å². The lowest BCUT2D eigenvalue weighted by atomic mass is 9.97. The second-order valence-corrected chi connectivity index (χ2v) is 7.51. The van der Waals surface area contributed by atoms with Crippen LogP contribution in [-0.2, 0) is 16.0 Å². The summed E-state index contributed by atoms with van der Waals surface area (Å²) < 4.78 is 1.16. The van der Waals surface area contributed by atoms with Crippen LogP contribution in [0, 0.1) is 11.8 Å². The lowest BCUT2D eigenvalue weighted by Crippen LogP contribution is -2.33. The number of hydrogen-bond acceptors (Lipinski definition) is 4. The lowest BCUT2D eigenvalue weighted by molar-refractivity contribution is -0.142. The van der Waals surface area contributed by atoms with Crippen molar-refractivity contribution in [2.75, 3.05) is 6.54 Å². The zero-order valence-electron chi connectivity index (χ0n) is 14.1. The van der Waals surface area contributed by atoms with Crippen molar-refractivity contribution in [2.24, 2.45) is 11.8 Å². The van der Waals surface area contributed by atoms with E-state index < -0.39 is 11.9 Å². The summed E-state index contributed by atoms with van der Waals surface area (Å²) in [5, 5.41) is 13.0. The molecule has 130 valence electrons. The molecule has 0 radical (unpaired) electrons. The van der Waals surface area contributed by atoms with Gasteiger partial charge >= 0.3 is 5.97 Å². The average molecular weight is 348 g/mol. The summed E-state index contributed by atoms with van der Waals surface area (Å²) in [4.78, 5) is 27.6. The third kappa shape index (κ3) is 5.60. The van der Waals surface area contributed by atoms with Crippen molar-refractivity contribution < 1.29 is 14.7 Å². The third-order valence-corrected chi connectivity index (χ3v) is 4.88. The quantitative estimate of drug-likeness (QED) is 0.727. The van der Waals surface area contributed by atoms with E-state index in [-0.39, 0.29) is 12.5 Å². The van der Waals surface area contributed by atoms with E-state index in [1.54, 1.807) is 11.3 Å². The Hall–Kier alpha value is -1.95. The fourth-order valence-electron chi connectivity index (χ4n) is 2.59. The van der Waals surface area contributed by atoms with E-state index >= 15 is 0 Å². The van der Waals surface area contributed by atoms with Crippen LogP contribution in [0.1, 0.15) is 38.1 Å². The molecule has 0 aliphatic carbocycles. The lowest BCUT2D eigenvalue weighted by Gasteiger charge is -2.15. The van der Waals surface area contributed by atoms with Gasteiger partial charge < -0.3 is 10.4 Å². The monoisotopic (exact) mass is 348 g/mol. The number of fused-ring (bicyclic) bond motifs is 1. The van der Waals surface area contributed by atoms with Crippen molar-refractivity contribution in [3.05, 3.63) is 29.3 Å². The van der Waals surface area contributed by atoms with Gasteiger partial charge in [0, 0.05) is 13.0 Å². The molecular formula is C18H24N2O3S. The Labute approximate surface area is 146 Å². The number of carbonyl (C=O) groups is 2. The molecule has 1 heterocycles. The predicted octanol–water partition coefficient (Wildman–Crippen LogP) is 3.48. The van der Waals surface area contributed by atoms with E-state index in [0.717, 1.165) is 21.6 Å². The van der Waals surface area contributed by atoms with Crippen LogP contribution in [0.2, 0.25) is 0 Å². The van der Waals surface area contributed by atoms with Crippen molar-refractivity contribution in [3.8, 4) is 0 Å². The molecule has 2 rings (SSSR count). The number of nitrogens with zero attached hydrogens (tertiary/aromatic N) is 1. The van der Waals surface area contributed by atoms with Gasteiger partial charge in [0.25, 0.3) is 0 Å². The minimum atomic E-state index is -0.849. The number of aromatic nitrogens is 1. The molecule has 2 N–H and O–H groups in total. The van der Waals surface area contributed by atoms with Gasteiger partial charge in [0.05, 0.1) is 21.1 Å². The number of nitrogens with one attached hydrogen (secondary N) is 1.